The van der Waals surface area contributed by atoms with Gasteiger partial charge in [-0.3, -0.25) is 10.2 Å². The van der Waals surface area contributed by atoms with Gasteiger partial charge >= 0.3 is 0 Å². The third kappa shape index (κ3) is 1.77. The van der Waals surface area contributed by atoms with Crippen LogP contribution in [-0.2, 0) is 0 Å². The van der Waals surface area contributed by atoms with Crippen molar-refractivity contribution in [1.29, 1.82) is 0 Å². The van der Waals surface area contributed by atoms with E-state index in [1.54, 1.807) is 22.0 Å². The number of nitrogens with one attached hydrogen (secondary N) is 1. The van der Waals surface area contributed by atoms with Crippen LogP contribution < -0.4 is 11.0 Å². The first-order valence-electron chi connectivity index (χ1n) is 4.69. The van der Waals surface area contributed by atoms with Crippen LogP contribution in [-0.4, -0.2) is 28.7 Å². The summed E-state index contributed by atoms with van der Waals surface area (Å²) in [7, 11) is 3.66. The molecule has 0 atom stereocenters. The van der Waals surface area contributed by atoms with Crippen molar-refractivity contribution in [2.24, 2.45) is 0 Å². The average molecular weight is 194 g/mol. The fraction of sp³-hybridized carbons (Fsp3) is 0.556. The molecule has 2 rings (SSSR count). The Hall–Kier alpha value is -1.36. The molecule has 14 heavy (non-hydrogen) atoms. The lowest BCUT2D eigenvalue weighted by Crippen LogP contribution is -2.29. The molecule has 0 aliphatic heterocycles. The molecule has 1 saturated carbocycles. The minimum Gasteiger partial charge on any atom is -0.308 e. The second-order valence-electron chi connectivity index (χ2n) is 3.73. The van der Waals surface area contributed by atoms with Crippen molar-refractivity contribution in [1.82, 2.24) is 14.6 Å². The molecule has 5 nitrogen and oxygen atoms in total. The van der Waals surface area contributed by atoms with Crippen LogP contribution in [0.15, 0.2) is 17.2 Å². The van der Waals surface area contributed by atoms with Crippen molar-refractivity contribution in [3.05, 3.63) is 22.7 Å². The van der Waals surface area contributed by atoms with Gasteiger partial charge in [0.15, 0.2) is 0 Å². The van der Waals surface area contributed by atoms with Crippen LogP contribution in [0.4, 0.5) is 5.82 Å². The van der Waals surface area contributed by atoms with Crippen molar-refractivity contribution in [3.63, 3.8) is 0 Å². The number of nitrogens with zero attached hydrogens (tertiary/aromatic N) is 3. The summed E-state index contributed by atoms with van der Waals surface area (Å²) in [6.45, 7) is 0. The maximum atomic E-state index is 11.8. The lowest BCUT2D eigenvalue weighted by atomic mass is 10.5. The highest BCUT2D eigenvalue weighted by Crippen LogP contribution is 2.33. The Bertz CT molecular complexity index is 381. The first-order chi connectivity index (χ1) is 6.68. The Labute approximate surface area is 82.3 Å². The molecule has 0 saturated heterocycles. The van der Waals surface area contributed by atoms with E-state index in [9.17, 15) is 4.79 Å². The fourth-order valence-corrected chi connectivity index (χ4v) is 1.35. The summed E-state index contributed by atoms with van der Waals surface area (Å²) < 4.78 is 1.75. The van der Waals surface area contributed by atoms with E-state index in [1.165, 1.54) is 0 Å². The monoisotopic (exact) mass is 194 g/mol. The third-order valence-corrected chi connectivity index (χ3v) is 2.14. The molecule has 1 fully saturated rings. The number of hydrogen-bond donors (Lipinski definition) is 1. The molecule has 0 aromatic carbocycles. The molecule has 0 radical (unpaired) electrons. The van der Waals surface area contributed by atoms with Gasteiger partial charge in [-0.2, -0.15) is 0 Å². The van der Waals surface area contributed by atoms with Crippen molar-refractivity contribution < 1.29 is 0 Å². The predicted octanol–water partition coefficient (Wildman–Crippen LogP) is 0.467. The molecule has 0 unspecified atom stereocenters. The molecule has 1 aliphatic carbocycles. The van der Waals surface area contributed by atoms with Gasteiger partial charge in [-0.1, -0.05) is 0 Å². The van der Waals surface area contributed by atoms with Gasteiger partial charge in [0.1, 0.15) is 0 Å². The SMILES string of the molecule is CN(C)Nc1nccn(C2CC2)c1=O. The Balaban J connectivity index is 2.31. The van der Waals surface area contributed by atoms with Crippen molar-refractivity contribution in [3.8, 4) is 0 Å². The normalized spacial score (nSPS) is 15.9. The second kappa shape index (κ2) is 3.42. The lowest BCUT2D eigenvalue weighted by Gasteiger charge is -2.12. The number of hydrazine groups is 1. The molecule has 0 amide bonds. The molecular weight excluding hydrogens is 180 g/mol. The van der Waals surface area contributed by atoms with E-state index in [-0.39, 0.29) is 5.56 Å². The first kappa shape index (κ1) is 9.21. The van der Waals surface area contributed by atoms with Crippen LogP contribution in [0.25, 0.3) is 0 Å². The molecule has 76 valence electrons. The van der Waals surface area contributed by atoms with Gasteiger partial charge in [0, 0.05) is 32.5 Å². The zero-order valence-corrected chi connectivity index (χ0v) is 8.40. The summed E-state index contributed by atoms with van der Waals surface area (Å²) in [6, 6.07) is 0.396. The van der Waals surface area contributed by atoms with E-state index in [4.69, 9.17) is 0 Å². The van der Waals surface area contributed by atoms with Crippen molar-refractivity contribution in [2.45, 2.75) is 18.9 Å². The van der Waals surface area contributed by atoms with E-state index in [1.807, 2.05) is 14.1 Å². The Kier molecular flexibility index (Phi) is 2.25. The van der Waals surface area contributed by atoms with Crippen molar-refractivity contribution >= 4 is 5.82 Å². The quantitative estimate of drug-likeness (QED) is 0.710. The van der Waals surface area contributed by atoms with E-state index in [0.717, 1.165) is 12.8 Å². The molecular formula is C9H14N4O. The van der Waals surface area contributed by atoms with E-state index in [2.05, 4.69) is 10.4 Å². The molecule has 1 aromatic heterocycles. The molecule has 1 aromatic rings. The van der Waals surface area contributed by atoms with Gasteiger partial charge in [0.25, 0.3) is 5.56 Å². The largest absolute Gasteiger partial charge is 0.308 e. The summed E-state index contributed by atoms with van der Waals surface area (Å²) in [4.78, 5) is 15.8. The summed E-state index contributed by atoms with van der Waals surface area (Å²) >= 11 is 0. The number of aromatic nitrogens is 2. The van der Waals surface area contributed by atoms with E-state index >= 15 is 0 Å². The minimum absolute atomic E-state index is 0.0382. The van der Waals surface area contributed by atoms with Crippen molar-refractivity contribution in [2.75, 3.05) is 19.5 Å². The van der Waals surface area contributed by atoms with Crippen LogP contribution in [0.1, 0.15) is 18.9 Å². The standard InChI is InChI=1S/C9H14N4O/c1-12(2)11-8-9(14)13(6-5-10-8)7-3-4-7/h5-7H,3-4H2,1-2H3,(H,10,11). The van der Waals surface area contributed by atoms with Gasteiger partial charge in [-0.05, 0) is 12.8 Å². The van der Waals surface area contributed by atoms with Gasteiger partial charge in [0.2, 0.25) is 5.82 Å². The maximum absolute atomic E-state index is 11.8. The smallest absolute Gasteiger partial charge is 0.294 e. The Morgan fingerprint density at radius 2 is 2.29 bits per heavy atom. The number of hydrogen-bond acceptors (Lipinski definition) is 4. The van der Waals surface area contributed by atoms with Gasteiger partial charge in [-0.25, -0.2) is 9.99 Å². The predicted molar refractivity (Wildman–Crippen MR) is 54.1 cm³/mol. The molecule has 1 N–H and O–H groups in total. The molecule has 0 bridgehead atoms. The number of anilines is 1. The van der Waals surface area contributed by atoms with Crippen LogP contribution in [0.2, 0.25) is 0 Å². The highest BCUT2D eigenvalue weighted by Gasteiger charge is 2.25. The molecule has 1 aliphatic rings. The van der Waals surface area contributed by atoms with Crippen LogP contribution >= 0.6 is 0 Å². The maximum Gasteiger partial charge on any atom is 0.294 e. The van der Waals surface area contributed by atoms with Crippen LogP contribution in [0, 0.1) is 0 Å². The summed E-state index contributed by atoms with van der Waals surface area (Å²) in [6.07, 6.45) is 5.61. The highest BCUT2D eigenvalue weighted by atomic mass is 16.1. The van der Waals surface area contributed by atoms with Crippen LogP contribution in [0.5, 0.6) is 0 Å². The Morgan fingerprint density at radius 1 is 1.57 bits per heavy atom. The second-order valence-corrected chi connectivity index (χ2v) is 3.73. The van der Waals surface area contributed by atoms with Gasteiger partial charge in [-0.15, -0.1) is 0 Å². The zero-order chi connectivity index (χ0) is 10.1. The Morgan fingerprint density at radius 3 is 2.86 bits per heavy atom. The summed E-state index contributed by atoms with van der Waals surface area (Å²) in [5.41, 5.74) is 2.85. The molecule has 5 heteroatoms. The topological polar surface area (TPSA) is 50.2 Å². The third-order valence-electron chi connectivity index (χ3n) is 2.14. The van der Waals surface area contributed by atoms with Gasteiger partial charge < -0.3 is 4.57 Å². The lowest BCUT2D eigenvalue weighted by molar-refractivity contribution is 0.489. The summed E-state index contributed by atoms with van der Waals surface area (Å²) in [5, 5.41) is 1.71. The average Bonchev–Trinajstić information content (AvgIpc) is 2.91. The molecule has 0 spiro atoms. The molecule has 1 heterocycles. The fourth-order valence-electron chi connectivity index (χ4n) is 1.35. The van der Waals surface area contributed by atoms with E-state index in [0.29, 0.717) is 11.9 Å². The van der Waals surface area contributed by atoms with Gasteiger partial charge in [0.05, 0.1) is 0 Å². The minimum atomic E-state index is -0.0382. The van der Waals surface area contributed by atoms with Crippen LogP contribution in [0.3, 0.4) is 0 Å². The number of rotatable bonds is 3. The first-order valence-corrected chi connectivity index (χ1v) is 4.69. The van der Waals surface area contributed by atoms with E-state index < -0.39 is 0 Å². The highest BCUT2D eigenvalue weighted by molar-refractivity contribution is 5.29. The summed E-state index contributed by atoms with van der Waals surface area (Å²) in [5.74, 6) is 0.393. The zero-order valence-electron chi connectivity index (χ0n) is 8.40.